The van der Waals surface area contributed by atoms with Crippen LogP contribution < -0.4 is 5.32 Å². The van der Waals surface area contributed by atoms with Gasteiger partial charge in [0.15, 0.2) is 0 Å². The molecule has 0 aliphatic rings. The van der Waals surface area contributed by atoms with E-state index in [1.807, 2.05) is 24.3 Å². The third-order valence-corrected chi connectivity index (χ3v) is 5.26. The van der Waals surface area contributed by atoms with Gasteiger partial charge in [0.05, 0.1) is 18.7 Å². The lowest BCUT2D eigenvalue weighted by Crippen LogP contribution is -2.30. The minimum Gasteiger partial charge on any atom is -0.466 e. The van der Waals surface area contributed by atoms with Gasteiger partial charge in [0.1, 0.15) is 11.3 Å². The number of carbonyl (C=O) groups is 2. The highest BCUT2D eigenvalue weighted by Gasteiger charge is 2.18. The molecular weight excluding hydrogens is 414 g/mol. The summed E-state index contributed by atoms with van der Waals surface area (Å²) in [5, 5.41) is 3.76. The predicted octanol–water partition coefficient (Wildman–Crippen LogP) is 4.65. The molecule has 0 radical (unpaired) electrons. The van der Waals surface area contributed by atoms with Crippen molar-refractivity contribution < 1.29 is 14.3 Å². The number of amides is 1. The molecule has 2 heterocycles. The molecule has 1 atom stereocenters. The third-order valence-electron chi connectivity index (χ3n) is 5.01. The summed E-state index contributed by atoms with van der Waals surface area (Å²) in [6, 6.07) is 13.1. The molecule has 1 amide bonds. The molecule has 31 heavy (non-hydrogen) atoms. The molecule has 6 nitrogen and oxygen atoms in total. The number of pyridine rings is 1. The average Bonchev–Trinajstić information content (AvgIpc) is 3.13. The van der Waals surface area contributed by atoms with Crippen molar-refractivity contribution in [3.63, 3.8) is 0 Å². The van der Waals surface area contributed by atoms with Crippen LogP contribution in [0.4, 0.5) is 0 Å². The van der Waals surface area contributed by atoms with Crippen molar-refractivity contribution in [3.8, 4) is 0 Å². The van der Waals surface area contributed by atoms with Crippen LogP contribution in [0.1, 0.15) is 54.9 Å². The van der Waals surface area contributed by atoms with Crippen LogP contribution in [0.3, 0.4) is 0 Å². The summed E-state index contributed by atoms with van der Waals surface area (Å²) >= 11 is 6.03. The predicted molar refractivity (Wildman–Crippen MR) is 122 cm³/mol. The Kier molecular flexibility index (Phi) is 7.69. The molecule has 0 saturated heterocycles. The molecule has 2 aromatic heterocycles. The lowest BCUT2D eigenvalue weighted by atomic mass is 9.90. The Labute approximate surface area is 187 Å². The highest BCUT2D eigenvalue weighted by Crippen LogP contribution is 2.25. The van der Waals surface area contributed by atoms with Crippen molar-refractivity contribution in [3.05, 3.63) is 70.6 Å². The molecule has 1 unspecified atom stereocenters. The second-order valence-corrected chi connectivity index (χ2v) is 8.38. The zero-order chi connectivity index (χ0) is 22.4. The van der Waals surface area contributed by atoms with E-state index in [9.17, 15) is 9.59 Å². The van der Waals surface area contributed by atoms with Crippen LogP contribution in [0.15, 0.2) is 48.7 Å². The number of carbonyl (C=O) groups excluding carboxylic acids is 2. The zero-order valence-corrected chi connectivity index (χ0v) is 18.9. The number of halogens is 1. The Morgan fingerprint density at radius 2 is 1.90 bits per heavy atom. The van der Waals surface area contributed by atoms with E-state index in [1.165, 1.54) is 0 Å². The topological polar surface area (TPSA) is 72.7 Å². The first-order chi connectivity index (χ1) is 14.9. The number of hydrogen-bond donors (Lipinski definition) is 1. The zero-order valence-electron chi connectivity index (χ0n) is 18.1. The summed E-state index contributed by atoms with van der Waals surface area (Å²) in [5.74, 6) is 0.146. The summed E-state index contributed by atoms with van der Waals surface area (Å²) < 4.78 is 6.70. The maximum absolute atomic E-state index is 13.0. The summed E-state index contributed by atoms with van der Waals surface area (Å²) in [6.07, 6.45) is 2.73. The van der Waals surface area contributed by atoms with Crippen molar-refractivity contribution >= 4 is 29.1 Å². The number of hydrogen-bond acceptors (Lipinski definition) is 4. The first-order valence-electron chi connectivity index (χ1n) is 10.5. The van der Waals surface area contributed by atoms with E-state index >= 15 is 0 Å². The number of esters is 1. The normalized spacial score (nSPS) is 12.2. The van der Waals surface area contributed by atoms with E-state index < -0.39 is 0 Å². The molecular formula is C24H28ClN3O3. The van der Waals surface area contributed by atoms with Gasteiger partial charge in [-0.25, -0.2) is 4.98 Å². The van der Waals surface area contributed by atoms with E-state index in [0.29, 0.717) is 41.1 Å². The standard InChI is InChI=1S/C24H28ClN3O3/c1-4-31-23(29)13-20-15-28-21(6-5-7-22(28)27-20)24(30)26-14-18(12-16(2)3)17-8-10-19(25)11-9-17/h5-11,15-16,18H,4,12-14H2,1-3H3,(H,26,30). The van der Waals surface area contributed by atoms with Crippen LogP contribution in [-0.4, -0.2) is 34.4 Å². The van der Waals surface area contributed by atoms with Gasteiger partial charge in [-0.15, -0.1) is 0 Å². The number of nitrogens with one attached hydrogen (secondary N) is 1. The number of benzene rings is 1. The minimum atomic E-state index is -0.337. The van der Waals surface area contributed by atoms with Crippen LogP contribution in [0.25, 0.3) is 5.65 Å². The molecule has 0 bridgehead atoms. The average molecular weight is 442 g/mol. The maximum Gasteiger partial charge on any atom is 0.311 e. The fraction of sp³-hybridized carbons (Fsp3) is 0.375. The van der Waals surface area contributed by atoms with Crippen molar-refractivity contribution in [2.45, 2.75) is 39.5 Å². The monoisotopic (exact) mass is 441 g/mol. The quantitative estimate of drug-likeness (QED) is 0.490. The van der Waals surface area contributed by atoms with Gasteiger partial charge >= 0.3 is 5.97 Å². The van der Waals surface area contributed by atoms with Crippen LogP contribution in [0, 0.1) is 5.92 Å². The number of nitrogens with zero attached hydrogens (tertiary/aromatic N) is 2. The second kappa shape index (κ2) is 10.4. The maximum atomic E-state index is 13.0. The molecule has 1 aromatic carbocycles. The van der Waals surface area contributed by atoms with E-state index in [2.05, 4.69) is 24.1 Å². The Morgan fingerprint density at radius 3 is 2.58 bits per heavy atom. The third kappa shape index (κ3) is 6.07. The molecule has 0 aliphatic carbocycles. The number of imidazole rings is 1. The molecule has 0 aliphatic heterocycles. The summed E-state index contributed by atoms with van der Waals surface area (Å²) in [5.41, 5.74) is 2.80. The molecule has 1 N–H and O–H groups in total. The fourth-order valence-electron chi connectivity index (χ4n) is 3.64. The van der Waals surface area contributed by atoms with Gasteiger partial charge in [-0.3, -0.25) is 14.0 Å². The summed E-state index contributed by atoms with van der Waals surface area (Å²) in [7, 11) is 0. The van der Waals surface area contributed by atoms with E-state index in [-0.39, 0.29) is 24.2 Å². The highest BCUT2D eigenvalue weighted by molar-refractivity contribution is 6.30. The first kappa shape index (κ1) is 22.8. The largest absolute Gasteiger partial charge is 0.466 e. The van der Waals surface area contributed by atoms with Crippen LogP contribution in [-0.2, 0) is 16.0 Å². The fourth-order valence-corrected chi connectivity index (χ4v) is 3.77. The Morgan fingerprint density at radius 1 is 1.16 bits per heavy atom. The SMILES string of the molecule is CCOC(=O)Cc1cn2c(C(=O)NCC(CC(C)C)c3ccc(Cl)cc3)cccc2n1. The summed E-state index contributed by atoms with van der Waals surface area (Å²) in [6.45, 7) is 6.94. The van der Waals surface area contributed by atoms with Crippen molar-refractivity contribution in [2.24, 2.45) is 5.92 Å². The van der Waals surface area contributed by atoms with Gasteiger partial charge in [-0.05, 0) is 49.1 Å². The lowest BCUT2D eigenvalue weighted by Gasteiger charge is -2.20. The second-order valence-electron chi connectivity index (χ2n) is 7.94. The van der Waals surface area contributed by atoms with E-state index in [0.717, 1.165) is 12.0 Å². The lowest BCUT2D eigenvalue weighted by molar-refractivity contribution is -0.142. The number of ether oxygens (including phenoxy) is 1. The first-order valence-corrected chi connectivity index (χ1v) is 10.9. The Balaban J connectivity index is 1.76. The smallest absolute Gasteiger partial charge is 0.311 e. The Bertz CT molecular complexity index is 1040. The molecule has 7 heteroatoms. The summed E-state index contributed by atoms with van der Waals surface area (Å²) in [4.78, 5) is 29.2. The molecule has 0 spiro atoms. The van der Waals surface area contributed by atoms with Crippen molar-refractivity contribution in [2.75, 3.05) is 13.2 Å². The number of fused-ring (bicyclic) bond motifs is 1. The number of aromatic nitrogens is 2. The molecule has 164 valence electrons. The van der Waals surface area contributed by atoms with Gasteiger partial charge < -0.3 is 10.1 Å². The number of rotatable bonds is 9. The van der Waals surface area contributed by atoms with Gasteiger partial charge in [0, 0.05) is 23.7 Å². The van der Waals surface area contributed by atoms with Crippen molar-refractivity contribution in [1.29, 1.82) is 0 Å². The van der Waals surface area contributed by atoms with Crippen molar-refractivity contribution in [1.82, 2.24) is 14.7 Å². The molecule has 0 saturated carbocycles. The van der Waals surface area contributed by atoms with Gasteiger partial charge in [-0.2, -0.15) is 0 Å². The van der Waals surface area contributed by atoms with E-state index in [1.54, 1.807) is 35.7 Å². The van der Waals surface area contributed by atoms with Crippen LogP contribution in [0.2, 0.25) is 5.02 Å². The van der Waals surface area contributed by atoms with E-state index in [4.69, 9.17) is 16.3 Å². The Hall–Kier alpha value is -2.86. The highest BCUT2D eigenvalue weighted by atomic mass is 35.5. The van der Waals surface area contributed by atoms with Gasteiger partial charge in [-0.1, -0.05) is 43.6 Å². The molecule has 3 rings (SSSR count). The molecule has 0 fully saturated rings. The van der Waals surface area contributed by atoms with Crippen LogP contribution >= 0.6 is 11.6 Å². The molecule has 3 aromatic rings. The van der Waals surface area contributed by atoms with Gasteiger partial charge in [0.25, 0.3) is 5.91 Å². The van der Waals surface area contributed by atoms with Gasteiger partial charge in [0.2, 0.25) is 0 Å². The minimum absolute atomic E-state index is 0.0730. The van der Waals surface area contributed by atoms with Crippen LogP contribution in [0.5, 0.6) is 0 Å².